The Labute approximate surface area is 205 Å². The molecule has 2 aromatic rings. The van der Waals surface area contributed by atoms with Crippen LogP contribution < -0.4 is 15.4 Å². The maximum atomic E-state index is 12.5. The number of hydrogen-bond acceptors (Lipinski definition) is 6. The third-order valence-electron chi connectivity index (χ3n) is 6.23. The molecule has 7 nitrogen and oxygen atoms in total. The molecule has 0 radical (unpaired) electrons. The van der Waals surface area contributed by atoms with E-state index in [-0.39, 0.29) is 5.75 Å². The molecule has 1 aliphatic rings. The number of unbranched alkanes of at least 4 members (excludes halogenated alkanes) is 1. The first-order valence-corrected chi connectivity index (χ1v) is 13.9. The third-order valence-corrected chi connectivity index (χ3v) is 7.57. The van der Waals surface area contributed by atoms with E-state index in [4.69, 9.17) is 10.5 Å². The average molecular weight is 489 g/mol. The summed E-state index contributed by atoms with van der Waals surface area (Å²) in [4.78, 5) is 6.70. The van der Waals surface area contributed by atoms with Gasteiger partial charge < -0.3 is 15.4 Å². The molecular formula is C26H40N4O3S. The van der Waals surface area contributed by atoms with E-state index in [1.54, 1.807) is 6.07 Å². The van der Waals surface area contributed by atoms with Crippen molar-refractivity contribution in [1.29, 1.82) is 0 Å². The molecule has 3 N–H and O–H groups in total. The maximum Gasteiger partial charge on any atom is 0.233 e. The molecule has 0 amide bonds. The van der Waals surface area contributed by atoms with E-state index in [2.05, 4.69) is 33.7 Å². The number of nitrogens with zero attached hydrogens (tertiary/aromatic N) is 2. The molecule has 0 bridgehead atoms. The predicted molar refractivity (Wildman–Crippen MR) is 139 cm³/mol. The maximum absolute atomic E-state index is 12.5. The van der Waals surface area contributed by atoms with Crippen LogP contribution in [0.2, 0.25) is 0 Å². The first-order valence-electron chi connectivity index (χ1n) is 12.2. The standard InChI is InChI=1S/C26H40N4O3S/c1-5-6-12-34(31,32)29-24-14-22(15-25(28-24)30(4)17-23-13-20(23)2)18-33-19-26(3,27)16-21-10-8-7-9-11-21/h7-11,14-15,20,23H,5-6,12-13,16-19,27H2,1-4H3,(H,28,29). The molecule has 1 aromatic heterocycles. The summed E-state index contributed by atoms with van der Waals surface area (Å²) in [7, 11) is -1.44. The first-order chi connectivity index (χ1) is 16.1. The highest BCUT2D eigenvalue weighted by molar-refractivity contribution is 7.92. The first kappa shape index (κ1) is 26.4. The van der Waals surface area contributed by atoms with Crippen LogP contribution >= 0.6 is 0 Å². The van der Waals surface area contributed by atoms with Crippen LogP contribution in [0, 0.1) is 11.8 Å². The van der Waals surface area contributed by atoms with Crippen LogP contribution in [0.25, 0.3) is 0 Å². The Morgan fingerprint density at radius 1 is 1.24 bits per heavy atom. The zero-order valence-electron chi connectivity index (χ0n) is 21.0. The Kier molecular flexibility index (Phi) is 8.95. The molecule has 0 aliphatic heterocycles. The van der Waals surface area contributed by atoms with Crippen LogP contribution in [0.3, 0.4) is 0 Å². The summed E-state index contributed by atoms with van der Waals surface area (Å²) in [5.41, 5.74) is 8.01. The fourth-order valence-corrected chi connectivity index (χ4v) is 5.25. The second kappa shape index (κ2) is 11.5. The lowest BCUT2D eigenvalue weighted by molar-refractivity contribution is 0.0791. The summed E-state index contributed by atoms with van der Waals surface area (Å²) in [6.07, 6.45) is 3.36. The van der Waals surface area contributed by atoms with Crippen molar-refractivity contribution in [2.45, 2.75) is 58.6 Å². The minimum Gasteiger partial charge on any atom is -0.375 e. The summed E-state index contributed by atoms with van der Waals surface area (Å²) in [6.45, 7) is 7.82. The molecule has 34 heavy (non-hydrogen) atoms. The molecular weight excluding hydrogens is 448 g/mol. The highest BCUT2D eigenvalue weighted by Crippen LogP contribution is 2.38. The Morgan fingerprint density at radius 3 is 2.59 bits per heavy atom. The summed E-state index contributed by atoms with van der Waals surface area (Å²) >= 11 is 0. The SMILES string of the molecule is CCCCS(=O)(=O)Nc1cc(COCC(C)(N)Cc2ccccc2)cc(N(C)CC2CC2C)n1. The van der Waals surface area contributed by atoms with Gasteiger partial charge in [-0.15, -0.1) is 0 Å². The second-order valence-corrected chi connectivity index (χ2v) is 12.0. The largest absolute Gasteiger partial charge is 0.375 e. The van der Waals surface area contributed by atoms with Gasteiger partial charge in [0.15, 0.2) is 0 Å². The van der Waals surface area contributed by atoms with Gasteiger partial charge in [-0.25, -0.2) is 13.4 Å². The summed E-state index contributed by atoms with van der Waals surface area (Å²) < 4.78 is 33.6. The van der Waals surface area contributed by atoms with Gasteiger partial charge in [-0.2, -0.15) is 0 Å². The van der Waals surface area contributed by atoms with E-state index in [1.807, 2.05) is 45.2 Å². The normalized spacial score (nSPS) is 19.4. The lowest BCUT2D eigenvalue weighted by Crippen LogP contribution is -2.43. The number of sulfonamides is 1. The van der Waals surface area contributed by atoms with E-state index < -0.39 is 15.6 Å². The molecule has 1 heterocycles. The van der Waals surface area contributed by atoms with Crippen molar-refractivity contribution >= 4 is 21.7 Å². The molecule has 3 unspecified atom stereocenters. The average Bonchev–Trinajstić information content (AvgIpc) is 3.46. The van der Waals surface area contributed by atoms with E-state index in [9.17, 15) is 8.42 Å². The van der Waals surface area contributed by atoms with Crippen LogP contribution in [0.1, 0.15) is 51.2 Å². The molecule has 0 spiro atoms. The Balaban J connectivity index is 1.69. The van der Waals surface area contributed by atoms with Crippen molar-refractivity contribution in [3.63, 3.8) is 0 Å². The lowest BCUT2D eigenvalue weighted by atomic mass is 9.95. The molecule has 1 fully saturated rings. The van der Waals surface area contributed by atoms with Gasteiger partial charge in [0.05, 0.1) is 19.0 Å². The van der Waals surface area contributed by atoms with Crippen LogP contribution in [-0.2, 0) is 27.8 Å². The molecule has 1 aromatic carbocycles. The van der Waals surface area contributed by atoms with Gasteiger partial charge in [0, 0.05) is 19.1 Å². The summed E-state index contributed by atoms with van der Waals surface area (Å²) in [5.74, 6) is 2.55. The Hall–Kier alpha value is -2.16. The lowest BCUT2D eigenvalue weighted by Gasteiger charge is -2.25. The number of anilines is 2. The minimum absolute atomic E-state index is 0.0850. The number of pyridine rings is 1. The van der Waals surface area contributed by atoms with Gasteiger partial charge in [0.2, 0.25) is 10.0 Å². The van der Waals surface area contributed by atoms with Crippen molar-refractivity contribution in [1.82, 2.24) is 4.98 Å². The number of rotatable bonds is 14. The highest BCUT2D eigenvalue weighted by atomic mass is 32.2. The van der Waals surface area contributed by atoms with Crippen LogP contribution in [0.15, 0.2) is 42.5 Å². The van der Waals surface area contributed by atoms with E-state index >= 15 is 0 Å². The fourth-order valence-electron chi connectivity index (χ4n) is 4.06. The van der Waals surface area contributed by atoms with Crippen molar-refractivity contribution in [2.24, 2.45) is 17.6 Å². The molecule has 0 saturated heterocycles. The van der Waals surface area contributed by atoms with Crippen molar-refractivity contribution < 1.29 is 13.2 Å². The minimum atomic E-state index is -3.45. The van der Waals surface area contributed by atoms with E-state index in [0.717, 1.165) is 30.3 Å². The number of nitrogens with one attached hydrogen (secondary N) is 1. The number of ether oxygens (including phenoxy) is 1. The zero-order valence-corrected chi connectivity index (χ0v) is 21.8. The number of benzene rings is 1. The fraction of sp³-hybridized carbons (Fsp3) is 0.577. The predicted octanol–water partition coefficient (Wildman–Crippen LogP) is 4.19. The molecule has 8 heteroatoms. The topological polar surface area (TPSA) is 97.5 Å². The quantitative estimate of drug-likeness (QED) is 0.414. The Morgan fingerprint density at radius 2 is 1.94 bits per heavy atom. The monoisotopic (exact) mass is 488 g/mol. The van der Waals surface area contributed by atoms with E-state index in [0.29, 0.717) is 37.8 Å². The van der Waals surface area contributed by atoms with Crippen molar-refractivity contribution in [3.05, 3.63) is 53.6 Å². The molecule has 3 atom stereocenters. The number of hydrogen-bond donors (Lipinski definition) is 2. The smallest absolute Gasteiger partial charge is 0.233 e. The summed E-state index contributed by atoms with van der Waals surface area (Å²) in [5, 5.41) is 0. The van der Waals surface area contributed by atoms with Crippen molar-refractivity contribution in [3.8, 4) is 0 Å². The highest BCUT2D eigenvalue weighted by Gasteiger charge is 2.33. The molecule has 1 saturated carbocycles. The van der Waals surface area contributed by atoms with Gasteiger partial charge in [0.25, 0.3) is 0 Å². The van der Waals surface area contributed by atoms with Crippen molar-refractivity contribution in [2.75, 3.05) is 35.6 Å². The van der Waals surface area contributed by atoms with Crippen LogP contribution in [0.5, 0.6) is 0 Å². The number of aromatic nitrogens is 1. The van der Waals surface area contributed by atoms with E-state index in [1.165, 1.54) is 12.0 Å². The van der Waals surface area contributed by atoms with Crippen LogP contribution in [-0.4, -0.2) is 44.9 Å². The zero-order chi connectivity index (χ0) is 24.8. The van der Waals surface area contributed by atoms with Gasteiger partial charge in [-0.1, -0.05) is 50.6 Å². The molecule has 1 aliphatic carbocycles. The molecule has 3 rings (SSSR count). The molecule has 188 valence electrons. The van der Waals surface area contributed by atoms with Gasteiger partial charge in [0.1, 0.15) is 11.6 Å². The number of nitrogens with two attached hydrogens (primary N) is 1. The van der Waals surface area contributed by atoms with Gasteiger partial charge in [-0.3, -0.25) is 4.72 Å². The summed E-state index contributed by atoms with van der Waals surface area (Å²) in [6, 6.07) is 13.9. The van der Waals surface area contributed by atoms with Crippen LogP contribution in [0.4, 0.5) is 11.6 Å². The second-order valence-electron chi connectivity index (χ2n) is 10.2. The Bertz CT molecular complexity index is 1030. The third kappa shape index (κ3) is 8.56. The van der Waals surface area contributed by atoms with Gasteiger partial charge in [-0.05, 0) is 61.3 Å². The van der Waals surface area contributed by atoms with Gasteiger partial charge >= 0.3 is 0 Å².